The van der Waals surface area contributed by atoms with Gasteiger partial charge in [-0.2, -0.15) is 0 Å². The highest BCUT2D eigenvalue weighted by Crippen LogP contribution is 2.41. The SMILES string of the molecule is O=C(C=C1CC(c2cccc(Br)c2)C1)Oc1ccccc1. The van der Waals surface area contributed by atoms with Crippen LogP contribution in [0.4, 0.5) is 0 Å². The molecule has 0 aromatic heterocycles. The van der Waals surface area contributed by atoms with Gasteiger partial charge in [-0.25, -0.2) is 4.79 Å². The number of rotatable bonds is 3. The molecule has 0 spiro atoms. The molecule has 0 bridgehead atoms. The highest BCUT2D eigenvalue weighted by molar-refractivity contribution is 9.10. The van der Waals surface area contributed by atoms with Gasteiger partial charge in [0.05, 0.1) is 0 Å². The molecule has 1 saturated carbocycles. The zero-order valence-corrected chi connectivity index (χ0v) is 13.0. The van der Waals surface area contributed by atoms with Gasteiger partial charge in [0.15, 0.2) is 0 Å². The number of carbonyl (C=O) groups excluding carboxylic acids is 1. The number of hydrogen-bond acceptors (Lipinski definition) is 2. The minimum Gasteiger partial charge on any atom is -0.423 e. The van der Waals surface area contributed by atoms with E-state index in [2.05, 4.69) is 28.1 Å². The van der Waals surface area contributed by atoms with Crippen molar-refractivity contribution in [1.82, 2.24) is 0 Å². The topological polar surface area (TPSA) is 26.3 Å². The van der Waals surface area contributed by atoms with E-state index in [1.54, 1.807) is 18.2 Å². The molecule has 3 heteroatoms. The molecule has 0 aliphatic heterocycles. The Morgan fingerprint density at radius 2 is 1.86 bits per heavy atom. The van der Waals surface area contributed by atoms with Crippen LogP contribution in [0.25, 0.3) is 0 Å². The van der Waals surface area contributed by atoms with Crippen LogP contribution in [0.3, 0.4) is 0 Å². The molecule has 106 valence electrons. The Balaban J connectivity index is 1.57. The van der Waals surface area contributed by atoms with Gasteiger partial charge in [-0.05, 0) is 48.6 Å². The van der Waals surface area contributed by atoms with E-state index in [0.29, 0.717) is 11.7 Å². The van der Waals surface area contributed by atoms with Crippen LogP contribution in [0.1, 0.15) is 24.3 Å². The number of halogens is 1. The van der Waals surface area contributed by atoms with Crippen molar-refractivity contribution in [2.75, 3.05) is 0 Å². The lowest BCUT2D eigenvalue weighted by Gasteiger charge is -2.29. The molecule has 1 aliphatic rings. The number of ether oxygens (including phenoxy) is 1. The molecule has 0 N–H and O–H groups in total. The van der Waals surface area contributed by atoms with Crippen LogP contribution in [-0.2, 0) is 4.79 Å². The average Bonchev–Trinajstić information content (AvgIpc) is 2.43. The standard InChI is InChI=1S/C18H15BrO2/c19-16-6-4-5-14(12-16)15-9-13(10-15)11-18(20)21-17-7-2-1-3-8-17/h1-8,11-12,15H,9-10H2. The third-order valence-corrected chi connectivity index (χ3v) is 4.11. The Hall–Kier alpha value is -1.87. The third kappa shape index (κ3) is 3.61. The average molecular weight is 343 g/mol. The van der Waals surface area contributed by atoms with Crippen molar-refractivity contribution >= 4 is 21.9 Å². The van der Waals surface area contributed by atoms with Gasteiger partial charge < -0.3 is 4.74 Å². The van der Waals surface area contributed by atoms with E-state index in [0.717, 1.165) is 22.9 Å². The highest BCUT2D eigenvalue weighted by Gasteiger charge is 2.25. The van der Waals surface area contributed by atoms with Crippen LogP contribution < -0.4 is 4.74 Å². The van der Waals surface area contributed by atoms with Gasteiger partial charge in [0.2, 0.25) is 0 Å². The lowest BCUT2D eigenvalue weighted by atomic mass is 9.75. The van der Waals surface area contributed by atoms with Gasteiger partial charge in [0, 0.05) is 10.5 Å². The molecule has 3 rings (SSSR count). The summed E-state index contributed by atoms with van der Waals surface area (Å²) in [7, 11) is 0. The van der Waals surface area contributed by atoms with Crippen LogP contribution in [0.2, 0.25) is 0 Å². The summed E-state index contributed by atoms with van der Waals surface area (Å²) >= 11 is 3.49. The molecule has 1 aliphatic carbocycles. The molecule has 0 amide bonds. The van der Waals surface area contributed by atoms with Crippen LogP contribution in [0, 0.1) is 0 Å². The van der Waals surface area contributed by atoms with E-state index in [9.17, 15) is 4.79 Å². The maximum atomic E-state index is 11.8. The van der Waals surface area contributed by atoms with Crippen LogP contribution in [-0.4, -0.2) is 5.97 Å². The number of para-hydroxylation sites is 1. The van der Waals surface area contributed by atoms with E-state index in [1.807, 2.05) is 30.3 Å². The predicted octanol–water partition coefficient (Wildman–Crippen LogP) is 4.86. The smallest absolute Gasteiger partial charge is 0.336 e. The number of hydrogen-bond donors (Lipinski definition) is 0. The lowest BCUT2D eigenvalue weighted by molar-refractivity contribution is -0.129. The lowest BCUT2D eigenvalue weighted by Crippen LogP contribution is -2.15. The summed E-state index contributed by atoms with van der Waals surface area (Å²) in [6, 6.07) is 17.5. The monoisotopic (exact) mass is 342 g/mol. The van der Waals surface area contributed by atoms with E-state index in [4.69, 9.17) is 4.74 Å². The van der Waals surface area contributed by atoms with E-state index >= 15 is 0 Å². The first-order chi connectivity index (χ1) is 10.2. The molecule has 0 unspecified atom stereocenters. The number of allylic oxidation sites excluding steroid dienone is 1. The minimum absolute atomic E-state index is 0.288. The van der Waals surface area contributed by atoms with Crippen LogP contribution in [0.15, 0.2) is 70.7 Å². The van der Waals surface area contributed by atoms with E-state index < -0.39 is 0 Å². The number of benzene rings is 2. The molecular weight excluding hydrogens is 328 g/mol. The number of esters is 1. The fraction of sp³-hybridized carbons (Fsp3) is 0.167. The van der Waals surface area contributed by atoms with Crippen LogP contribution >= 0.6 is 15.9 Å². The first kappa shape index (κ1) is 14.1. The Kier molecular flexibility index (Phi) is 4.20. The molecule has 1 fully saturated rings. The van der Waals surface area contributed by atoms with Gasteiger partial charge in [-0.3, -0.25) is 0 Å². The van der Waals surface area contributed by atoms with Gasteiger partial charge in [0.25, 0.3) is 0 Å². The summed E-state index contributed by atoms with van der Waals surface area (Å²) in [4.78, 5) is 11.8. The summed E-state index contributed by atoms with van der Waals surface area (Å²) in [6.45, 7) is 0. The fourth-order valence-electron chi connectivity index (χ4n) is 2.49. The summed E-state index contributed by atoms with van der Waals surface area (Å²) in [5.41, 5.74) is 2.47. The van der Waals surface area contributed by atoms with Crippen molar-refractivity contribution < 1.29 is 9.53 Å². The maximum absolute atomic E-state index is 11.8. The van der Waals surface area contributed by atoms with Crippen molar-refractivity contribution in [3.05, 3.63) is 76.3 Å². The van der Waals surface area contributed by atoms with Crippen molar-refractivity contribution in [3.8, 4) is 5.75 Å². The van der Waals surface area contributed by atoms with E-state index in [-0.39, 0.29) is 5.97 Å². The first-order valence-electron chi connectivity index (χ1n) is 6.92. The molecule has 0 saturated heterocycles. The second kappa shape index (κ2) is 6.27. The highest BCUT2D eigenvalue weighted by atomic mass is 79.9. The molecule has 21 heavy (non-hydrogen) atoms. The largest absolute Gasteiger partial charge is 0.423 e. The summed E-state index contributed by atoms with van der Waals surface area (Å²) < 4.78 is 6.36. The second-order valence-electron chi connectivity index (χ2n) is 5.20. The first-order valence-corrected chi connectivity index (χ1v) is 7.72. The quantitative estimate of drug-likeness (QED) is 0.452. The van der Waals surface area contributed by atoms with Crippen LogP contribution in [0.5, 0.6) is 5.75 Å². The zero-order chi connectivity index (χ0) is 14.7. The molecule has 0 radical (unpaired) electrons. The summed E-state index contributed by atoms with van der Waals surface area (Å²) in [5.74, 6) is 0.810. The Bertz CT molecular complexity index is 669. The van der Waals surface area contributed by atoms with E-state index in [1.165, 1.54) is 5.56 Å². The number of carbonyl (C=O) groups is 1. The van der Waals surface area contributed by atoms with Gasteiger partial charge in [0.1, 0.15) is 5.75 Å². The maximum Gasteiger partial charge on any atom is 0.336 e. The molecule has 0 heterocycles. The Morgan fingerprint density at radius 3 is 2.57 bits per heavy atom. The third-order valence-electron chi connectivity index (χ3n) is 3.62. The Morgan fingerprint density at radius 1 is 1.10 bits per heavy atom. The van der Waals surface area contributed by atoms with Crippen molar-refractivity contribution in [1.29, 1.82) is 0 Å². The zero-order valence-electron chi connectivity index (χ0n) is 11.5. The predicted molar refractivity (Wildman–Crippen MR) is 86.3 cm³/mol. The molecular formula is C18H15BrO2. The summed E-state index contributed by atoms with van der Waals surface area (Å²) in [5, 5.41) is 0. The fourth-order valence-corrected chi connectivity index (χ4v) is 2.91. The van der Waals surface area contributed by atoms with Gasteiger partial charge in [-0.15, -0.1) is 0 Å². The molecule has 2 aromatic rings. The minimum atomic E-state index is -0.288. The van der Waals surface area contributed by atoms with Gasteiger partial charge in [-0.1, -0.05) is 51.8 Å². The van der Waals surface area contributed by atoms with Crippen molar-refractivity contribution in [3.63, 3.8) is 0 Å². The molecule has 2 aromatic carbocycles. The molecule has 0 atom stereocenters. The Labute approximate surface area is 132 Å². The van der Waals surface area contributed by atoms with Crippen molar-refractivity contribution in [2.24, 2.45) is 0 Å². The van der Waals surface area contributed by atoms with Crippen molar-refractivity contribution in [2.45, 2.75) is 18.8 Å². The normalized spacial score (nSPS) is 17.0. The van der Waals surface area contributed by atoms with Gasteiger partial charge >= 0.3 is 5.97 Å². The second-order valence-corrected chi connectivity index (χ2v) is 6.11. The summed E-state index contributed by atoms with van der Waals surface area (Å²) in [6.07, 6.45) is 3.49. The molecule has 2 nitrogen and oxygen atoms in total.